The first-order chi connectivity index (χ1) is 22.1. The minimum Gasteiger partial charge on any atom is -0.453 e. The highest BCUT2D eigenvalue weighted by Crippen LogP contribution is 2.58. The number of rotatable bonds is 4. The fourth-order valence-corrected chi connectivity index (χ4v) is 7.50. The summed E-state index contributed by atoms with van der Waals surface area (Å²) in [5, 5.41) is 2.64. The third-order valence-electron chi connectivity index (χ3n) is 9.22. The quantitative estimate of drug-likeness (QED) is 0.198. The number of halogens is 4. The molecular formula is C36H28Cl4O6. The maximum atomic E-state index is 11.8. The van der Waals surface area contributed by atoms with Gasteiger partial charge in [-0.05, 0) is 70.8 Å². The Morgan fingerprint density at radius 3 is 1.24 bits per heavy atom. The van der Waals surface area contributed by atoms with Crippen molar-refractivity contribution in [1.82, 2.24) is 0 Å². The van der Waals surface area contributed by atoms with Gasteiger partial charge in [0.05, 0.1) is 19.4 Å². The molecule has 4 aromatic carbocycles. The average Bonchev–Trinajstić information content (AvgIpc) is 3.63. The molecule has 4 saturated heterocycles. The first-order valence-corrected chi connectivity index (χ1v) is 16.4. The highest BCUT2D eigenvalue weighted by molar-refractivity contribution is 6.31. The molecule has 4 aromatic rings. The Morgan fingerprint density at radius 2 is 0.913 bits per heavy atom. The summed E-state index contributed by atoms with van der Waals surface area (Å²) < 4.78 is 23.5. The van der Waals surface area contributed by atoms with Crippen LogP contribution in [-0.2, 0) is 39.7 Å². The minimum absolute atomic E-state index is 0.180. The predicted molar refractivity (Wildman–Crippen MR) is 175 cm³/mol. The maximum absolute atomic E-state index is 11.8. The smallest absolute Gasteiger partial charge is 0.308 e. The van der Waals surface area contributed by atoms with Gasteiger partial charge < -0.3 is 18.9 Å². The number of carbonyl (C=O) groups excluding carboxylic acids is 2. The third kappa shape index (κ3) is 5.29. The van der Waals surface area contributed by atoms with Crippen LogP contribution in [0.2, 0.25) is 20.1 Å². The molecule has 2 spiro atoms. The number of hydrogen-bond donors (Lipinski definition) is 0. The van der Waals surface area contributed by atoms with E-state index in [2.05, 4.69) is 0 Å². The second kappa shape index (κ2) is 11.9. The van der Waals surface area contributed by atoms with E-state index >= 15 is 0 Å². The summed E-state index contributed by atoms with van der Waals surface area (Å²) in [6, 6.07) is 30.1. The molecule has 0 bridgehead atoms. The molecule has 0 N–H and O–H groups in total. The first-order valence-electron chi connectivity index (χ1n) is 14.9. The zero-order valence-electron chi connectivity index (χ0n) is 24.4. The Bertz CT molecular complexity index is 1670. The molecule has 8 rings (SSSR count). The molecular weight excluding hydrogens is 670 g/mol. The van der Waals surface area contributed by atoms with Crippen molar-refractivity contribution in [2.24, 2.45) is 0 Å². The van der Waals surface area contributed by atoms with Crippen molar-refractivity contribution in [3.8, 4) is 0 Å². The van der Waals surface area contributed by atoms with Gasteiger partial charge in [-0.2, -0.15) is 0 Å². The largest absolute Gasteiger partial charge is 0.453 e. The van der Waals surface area contributed by atoms with E-state index in [1.807, 2.05) is 97.1 Å². The van der Waals surface area contributed by atoms with E-state index in [1.54, 1.807) is 0 Å². The van der Waals surface area contributed by atoms with Crippen molar-refractivity contribution in [3.63, 3.8) is 0 Å². The topological polar surface area (TPSA) is 71.1 Å². The van der Waals surface area contributed by atoms with Gasteiger partial charge in [0.1, 0.15) is 5.60 Å². The van der Waals surface area contributed by atoms with Crippen LogP contribution in [0.15, 0.2) is 97.1 Å². The standard InChI is InChI=1S/2C18H14Cl2O3/c19-14-5-1-12(2-6-14)18(13-3-7-15(20)8-4-13)17(11-22-18)10-9-16(21)23-17;19-14-5-1-12(2-6-14)18(13-3-7-15(20)8-4-13)11-17(23-18)10-9-16(21)22-17/h2*1-8H,9-11H2. The van der Waals surface area contributed by atoms with Crippen LogP contribution in [0.25, 0.3) is 0 Å². The molecule has 0 aromatic heterocycles. The lowest BCUT2D eigenvalue weighted by atomic mass is 9.67. The van der Waals surface area contributed by atoms with Crippen LogP contribution in [0.3, 0.4) is 0 Å². The molecule has 6 nitrogen and oxygen atoms in total. The van der Waals surface area contributed by atoms with Crippen LogP contribution >= 0.6 is 46.4 Å². The van der Waals surface area contributed by atoms with Crippen molar-refractivity contribution in [1.29, 1.82) is 0 Å². The number of carbonyl (C=O) groups is 2. The Hall–Kier alpha value is -3.10. The maximum Gasteiger partial charge on any atom is 0.308 e. The lowest BCUT2D eigenvalue weighted by Gasteiger charge is -2.56. The number of ether oxygens (including phenoxy) is 4. The molecule has 0 aliphatic carbocycles. The molecule has 236 valence electrons. The van der Waals surface area contributed by atoms with Crippen molar-refractivity contribution in [2.45, 2.75) is 54.7 Å². The van der Waals surface area contributed by atoms with E-state index in [0.29, 0.717) is 58.8 Å². The highest BCUT2D eigenvalue weighted by atomic mass is 35.5. The zero-order valence-corrected chi connectivity index (χ0v) is 27.5. The monoisotopic (exact) mass is 696 g/mol. The molecule has 4 heterocycles. The Kier molecular flexibility index (Phi) is 8.12. The second-order valence-electron chi connectivity index (χ2n) is 12.0. The Labute approximate surface area is 286 Å². The third-order valence-corrected chi connectivity index (χ3v) is 10.2. The molecule has 4 aliphatic heterocycles. The fourth-order valence-electron chi connectivity index (χ4n) is 6.99. The fraction of sp³-hybridized carbons (Fsp3) is 0.278. The summed E-state index contributed by atoms with van der Waals surface area (Å²) in [5.41, 5.74) is 1.70. The molecule has 0 saturated carbocycles. The van der Waals surface area contributed by atoms with Crippen LogP contribution in [0.1, 0.15) is 54.4 Å². The van der Waals surface area contributed by atoms with E-state index in [-0.39, 0.29) is 11.9 Å². The predicted octanol–water partition coefficient (Wildman–Crippen LogP) is 9.03. The molecule has 0 amide bonds. The van der Waals surface area contributed by atoms with Crippen molar-refractivity contribution in [3.05, 3.63) is 139 Å². The molecule has 10 heteroatoms. The first kappa shape index (κ1) is 31.5. The summed E-state index contributed by atoms with van der Waals surface area (Å²) in [5.74, 6) is -1.18. The van der Waals surface area contributed by atoms with Crippen molar-refractivity contribution in [2.75, 3.05) is 6.61 Å². The van der Waals surface area contributed by atoms with E-state index in [4.69, 9.17) is 65.4 Å². The van der Waals surface area contributed by atoms with Gasteiger partial charge in [0, 0.05) is 39.4 Å². The molecule has 4 fully saturated rings. The van der Waals surface area contributed by atoms with Gasteiger partial charge in [-0.3, -0.25) is 9.59 Å². The van der Waals surface area contributed by atoms with E-state index < -0.39 is 22.6 Å². The van der Waals surface area contributed by atoms with Gasteiger partial charge in [0.25, 0.3) is 0 Å². The molecule has 2 atom stereocenters. The van der Waals surface area contributed by atoms with Crippen molar-refractivity contribution >= 4 is 58.3 Å². The summed E-state index contributed by atoms with van der Waals surface area (Å²) >= 11 is 24.0. The van der Waals surface area contributed by atoms with E-state index in [1.165, 1.54) is 0 Å². The zero-order chi connectivity index (χ0) is 32.2. The summed E-state index contributed by atoms with van der Waals surface area (Å²) in [6.45, 7) is 0.393. The SMILES string of the molecule is O=C1CCC2(CC(c3ccc(Cl)cc3)(c3ccc(Cl)cc3)O2)O1.O=C1CCC2(COC2(c2ccc(Cl)cc2)c2ccc(Cl)cc2)O1. The normalized spacial score (nSPS) is 25.2. The van der Waals surface area contributed by atoms with Gasteiger partial charge in [-0.1, -0.05) is 94.9 Å². The Morgan fingerprint density at radius 1 is 0.522 bits per heavy atom. The summed E-state index contributed by atoms with van der Waals surface area (Å²) in [7, 11) is 0. The number of esters is 2. The van der Waals surface area contributed by atoms with Crippen LogP contribution in [0, 0.1) is 0 Å². The summed E-state index contributed by atoms with van der Waals surface area (Å²) in [4.78, 5) is 23.3. The van der Waals surface area contributed by atoms with Gasteiger partial charge in [0.15, 0.2) is 11.2 Å². The van der Waals surface area contributed by atoms with Gasteiger partial charge >= 0.3 is 11.9 Å². The van der Waals surface area contributed by atoms with Gasteiger partial charge in [-0.15, -0.1) is 0 Å². The lowest BCUT2D eigenvalue weighted by Crippen LogP contribution is -2.66. The van der Waals surface area contributed by atoms with E-state index in [0.717, 1.165) is 22.3 Å². The Balaban J connectivity index is 0.000000147. The molecule has 46 heavy (non-hydrogen) atoms. The van der Waals surface area contributed by atoms with Crippen LogP contribution in [0.4, 0.5) is 0 Å². The average molecular weight is 698 g/mol. The van der Waals surface area contributed by atoms with Gasteiger partial charge in [0.2, 0.25) is 5.79 Å². The minimum atomic E-state index is -0.811. The summed E-state index contributed by atoms with van der Waals surface area (Å²) in [6.07, 6.45) is 2.63. The molecule has 0 radical (unpaired) electrons. The molecule has 4 aliphatic rings. The van der Waals surface area contributed by atoms with E-state index in [9.17, 15) is 9.59 Å². The number of hydrogen-bond acceptors (Lipinski definition) is 6. The van der Waals surface area contributed by atoms with Crippen LogP contribution < -0.4 is 0 Å². The number of benzene rings is 4. The van der Waals surface area contributed by atoms with Crippen LogP contribution in [-0.4, -0.2) is 29.9 Å². The van der Waals surface area contributed by atoms with Gasteiger partial charge in [-0.25, -0.2) is 0 Å². The highest BCUT2D eigenvalue weighted by Gasteiger charge is 2.68. The lowest BCUT2D eigenvalue weighted by molar-refractivity contribution is -0.351. The molecule has 2 unspecified atom stereocenters. The van der Waals surface area contributed by atoms with Crippen molar-refractivity contribution < 1.29 is 28.5 Å². The van der Waals surface area contributed by atoms with Crippen LogP contribution in [0.5, 0.6) is 0 Å². The second-order valence-corrected chi connectivity index (χ2v) is 13.7.